The standard InChI is InChI=1S/C11H26O4Si/c1-5-14-16(4,15-6-2)9-7-8-13-10-11(3)12/h11-12H,5-10H2,1-4H3. The number of aliphatic hydroxyl groups is 1. The van der Waals surface area contributed by atoms with Crippen molar-refractivity contribution < 1.29 is 18.7 Å². The second kappa shape index (κ2) is 9.12. The molecule has 0 bridgehead atoms. The van der Waals surface area contributed by atoms with Gasteiger partial charge >= 0.3 is 8.56 Å². The van der Waals surface area contributed by atoms with Crippen molar-refractivity contribution in [3.63, 3.8) is 0 Å². The number of rotatable bonds is 10. The van der Waals surface area contributed by atoms with Crippen LogP contribution < -0.4 is 0 Å². The lowest BCUT2D eigenvalue weighted by atomic mass is 10.4. The Hall–Kier alpha value is 0.0569. The van der Waals surface area contributed by atoms with Gasteiger partial charge in [0, 0.05) is 19.8 Å². The lowest BCUT2D eigenvalue weighted by molar-refractivity contribution is 0.0456. The Balaban J connectivity index is 3.67. The average Bonchev–Trinajstić information content (AvgIpc) is 2.17. The van der Waals surface area contributed by atoms with Gasteiger partial charge in [0.15, 0.2) is 0 Å². The van der Waals surface area contributed by atoms with Crippen LogP contribution in [0, 0.1) is 0 Å². The zero-order valence-electron chi connectivity index (χ0n) is 11.0. The van der Waals surface area contributed by atoms with Gasteiger partial charge in [-0.15, -0.1) is 0 Å². The lowest BCUT2D eigenvalue weighted by Gasteiger charge is -2.25. The first-order valence-corrected chi connectivity index (χ1v) is 8.60. The van der Waals surface area contributed by atoms with E-state index in [9.17, 15) is 0 Å². The zero-order valence-corrected chi connectivity index (χ0v) is 12.0. The van der Waals surface area contributed by atoms with Gasteiger partial charge in [-0.3, -0.25) is 0 Å². The monoisotopic (exact) mass is 250 g/mol. The van der Waals surface area contributed by atoms with Crippen LogP contribution in [0.2, 0.25) is 12.6 Å². The SMILES string of the molecule is CCO[Si](C)(CCCOCC(C)O)OCC. The van der Waals surface area contributed by atoms with Crippen molar-refractivity contribution in [1.82, 2.24) is 0 Å². The molecule has 1 N–H and O–H groups in total. The van der Waals surface area contributed by atoms with Gasteiger partial charge in [0.1, 0.15) is 0 Å². The van der Waals surface area contributed by atoms with E-state index in [1.165, 1.54) is 0 Å². The summed E-state index contributed by atoms with van der Waals surface area (Å²) >= 11 is 0. The Labute approximate surface area is 100 Å². The molecule has 0 aliphatic rings. The van der Waals surface area contributed by atoms with Gasteiger partial charge in [0.2, 0.25) is 0 Å². The Morgan fingerprint density at radius 2 is 1.75 bits per heavy atom. The minimum Gasteiger partial charge on any atom is -0.395 e. The maximum absolute atomic E-state index is 9.01. The van der Waals surface area contributed by atoms with Crippen LogP contribution in [0.1, 0.15) is 27.2 Å². The second-order valence-electron chi connectivity index (χ2n) is 4.03. The number of hydrogen-bond donors (Lipinski definition) is 1. The van der Waals surface area contributed by atoms with E-state index in [2.05, 4.69) is 6.55 Å². The molecule has 5 heteroatoms. The topological polar surface area (TPSA) is 47.9 Å². The van der Waals surface area contributed by atoms with Gasteiger partial charge in [-0.05, 0) is 39.8 Å². The molecule has 0 aliphatic carbocycles. The predicted molar refractivity (Wildman–Crippen MR) is 66.8 cm³/mol. The minimum atomic E-state index is -1.97. The summed E-state index contributed by atoms with van der Waals surface area (Å²) in [6, 6.07) is 0.939. The molecule has 0 aromatic rings. The quantitative estimate of drug-likeness (QED) is 0.475. The van der Waals surface area contributed by atoms with Gasteiger partial charge in [0.05, 0.1) is 12.7 Å². The molecule has 4 nitrogen and oxygen atoms in total. The third-order valence-corrected chi connectivity index (χ3v) is 5.24. The molecule has 0 saturated heterocycles. The van der Waals surface area contributed by atoms with E-state index in [1.54, 1.807) is 6.92 Å². The molecule has 0 spiro atoms. The summed E-state index contributed by atoms with van der Waals surface area (Å²) in [4.78, 5) is 0. The summed E-state index contributed by atoms with van der Waals surface area (Å²) in [5, 5.41) is 9.01. The highest BCUT2D eigenvalue weighted by atomic mass is 28.4. The number of hydrogen-bond acceptors (Lipinski definition) is 4. The fourth-order valence-electron chi connectivity index (χ4n) is 1.55. The maximum atomic E-state index is 9.01. The highest BCUT2D eigenvalue weighted by Crippen LogP contribution is 2.15. The van der Waals surface area contributed by atoms with Gasteiger partial charge in [0.25, 0.3) is 0 Å². The molecule has 0 amide bonds. The molecule has 16 heavy (non-hydrogen) atoms. The molecule has 1 atom stereocenters. The summed E-state index contributed by atoms with van der Waals surface area (Å²) in [5.41, 5.74) is 0. The molecular formula is C11H26O4Si. The molecule has 0 fully saturated rings. The molecule has 1 unspecified atom stereocenters. The summed E-state index contributed by atoms with van der Waals surface area (Å²) in [6.07, 6.45) is 0.539. The first-order chi connectivity index (χ1) is 7.54. The van der Waals surface area contributed by atoms with Crippen molar-refractivity contribution >= 4 is 8.56 Å². The van der Waals surface area contributed by atoms with E-state index in [1.807, 2.05) is 13.8 Å². The summed E-state index contributed by atoms with van der Waals surface area (Å²) < 4.78 is 16.7. The summed E-state index contributed by atoms with van der Waals surface area (Å²) in [6.45, 7) is 10.3. The molecule has 0 aromatic heterocycles. The van der Waals surface area contributed by atoms with Crippen LogP contribution in [0.15, 0.2) is 0 Å². The van der Waals surface area contributed by atoms with Gasteiger partial charge < -0.3 is 18.7 Å². The fourth-order valence-corrected chi connectivity index (χ4v) is 3.93. The third kappa shape index (κ3) is 8.24. The lowest BCUT2D eigenvalue weighted by Crippen LogP contribution is -2.38. The first kappa shape index (κ1) is 16.1. The molecule has 98 valence electrons. The molecule has 0 saturated carbocycles. The summed E-state index contributed by atoms with van der Waals surface area (Å²) in [5.74, 6) is 0. The number of aliphatic hydroxyl groups excluding tert-OH is 1. The van der Waals surface area contributed by atoms with Crippen LogP contribution in [0.4, 0.5) is 0 Å². The molecule has 0 rings (SSSR count). The van der Waals surface area contributed by atoms with E-state index in [0.29, 0.717) is 26.4 Å². The van der Waals surface area contributed by atoms with Crippen LogP contribution in [-0.2, 0) is 13.6 Å². The summed E-state index contributed by atoms with van der Waals surface area (Å²) in [7, 11) is -1.97. The van der Waals surface area contributed by atoms with E-state index < -0.39 is 8.56 Å². The van der Waals surface area contributed by atoms with Crippen LogP contribution in [0.5, 0.6) is 0 Å². The molecule has 0 radical (unpaired) electrons. The molecular weight excluding hydrogens is 224 g/mol. The van der Waals surface area contributed by atoms with E-state index in [-0.39, 0.29) is 6.10 Å². The highest BCUT2D eigenvalue weighted by molar-refractivity contribution is 6.66. The van der Waals surface area contributed by atoms with E-state index in [4.69, 9.17) is 18.7 Å². The Kier molecular flexibility index (Phi) is 9.16. The van der Waals surface area contributed by atoms with Gasteiger partial charge in [-0.2, -0.15) is 0 Å². The van der Waals surface area contributed by atoms with Gasteiger partial charge in [-0.1, -0.05) is 0 Å². The van der Waals surface area contributed by atoms with Crippen LogP contribution >= 0.6 is 0 Å². The predicted octanol–water partition coefficient (Wildman–Crippen LogP) is 1.92. The Morgan fingerprint density at radius 1 is 1.19 bits per heavy atom. The normalized spacial score (nSPS) is 14.1. The second-order valence-corrected chi connectivity index (χ2v) is 7.37. The largest absolute Gasteiger partial charge is 0.395 e. The third-order valence-electron chi connectivity index (χ3n) is 2.18. The smallest absolute Gasteiger partial charge is 0.334 e. The zero-order chi connectivity index (χ0) is 12.4. The van der Waals surface area contributed by atoms with Crippen molar-refractivity contribution in [2.75, 3.05) is 26.4 Å². The minimum absolute atomic E-state index is 0.387. The van der Waals surface area contributed by atoms with Crippen molar-refractivity contribution in [2.45, 2.75) is 45.9 Å². The maximum Gasteiger partial charge on any atom is 0.334 e. The van der Waals surface area contributed by atoms with Gasteiger partial charge in [-0.25, -0.2) is 0 Å². The van der Waals surface area contributed by atoms with Crippen molar-refractivity contribution in [3.05, 3.63) is 0 Å². The van der Waals surface area contributed by atoms with E-state index in [0.717, 1.165) is 12.5 Å². The van der Waals surface area contributed by atoms with Crippen molar-refractivity contribution in [3.8, 4) is 0 Å². The highest BCUT2D eigenvalue weighted by Gasteiger charge is 2.29. The van der Waals surface area contributed by atoms with Crippen molar-refractivity contribution in [1.29, 1.82) is 0 Å². The first-order valence-electron chi connectivity index (χ1n) is 6.07. The fraction of sp³-hybridized carbons (Fsp3) is 1.00. The molecule has 0 aromatic carbocycles. The van der Waals surface area contributed by atoms with Crippen LogP contribution in [0.3, 0.4) is 0 Å². The molecule has 0 aliphatic heterocycles. The Morgan fingerprint density at radius 3 is 2.19 bits per heavy atom. The average molecular weight is 250 g/mol. The van der Waals surface area contributed by atoms with E-state index >= 15 is 0 Å². The number of ether oxygens (including phenoxy) is 1. The molecule has 0 heterocycles. The van der Waals surface area contributed by atoms with Crippen molar-refractivity contribution in [2.24, 2.45) is 0 Å². The Bertz CT molecular complexity index is 158. The van der Waals surface area contributed by atoms with Crippen LogP contribution in [-0.4, -0.2) is 46.2 Å². The van der Waals surface area contributed by atoms with Crippen LogP contribution in [0.25, 0.3) is 0 Å².